The van der Waals surface area contributed by atoms with Gasteiger partial charge in [0.2, 0.25) is 5.91 Å². The van der Waals surface area contributed by atoms with Crippen LogP contribution in [0, 0.1) is 13.8 Å². The van der Waals surface area contributed by atoms with E-state index in [1.807, 2.05) is 29.8 Å². The number of hydrogen-bond acceptors (Lipinski definition) is 5. The highest BCUT2D eigenvalue weighted by atomic mass is 32.1. The number of nitrogens with zero attached hydrogens (tertiary/aromatic N) is 3. The van der Waals surface area contributed by atoms with Gasteiger partial charge in [-0.3, -0.25) is 9.69 Å². The molecule has 0 aliphatic carbocycles. The van der Waals surface area contributed by atoms with Gasteiger partial charge in [0, 0.05) is 43.4 Å². The van der Waals surface area contributed by atoms with Crippen LogP contribution in [0.4, 0.5) is 10.8 Å². The number of rotatable bonds is 4. The molecule has 2 heterocycles. The zero-order chi connectivity index (χ0) is 16.9. The van der Waals surface area contributed by atoms with Crippen LogP contribution in [-0.4, -0.2) is 48.5 Å². The Balaban J connectivity index is 1.52. The minimum absolute atomic E-state index is 0.0564. The standard InChI is InChI=1S/C18H24N4OS/c1-14-4-5-16(12-15(14)2)20-17(23)13-21-7-3-8-22(10-9-21)18-19-6-11-24-18/h4-6,11-12H,3,7-10,13H2,1-2H3,(H,20,23). The summed E-state index contributed by atoms with van der Waals surface area (Å²) in [6.07, 6.45) is 2.90. The second-order valence-electron chi connectivity index (χ2n) is 6.28. The van der Waals surface area contributed by atoms with E-state index in [9.17, 15) is 4.79 Å². The molecular weight excluding hydrogens is 320 g/mol. The average Bonchev–Trinajstić information content (AvgIpc) is 2.99. The lowest BCUT2D eigenvalue weighted by Gasteiger charge is -2.21. The van der Waals surface area contributed by atoms with Crippen LogP contribution in [0.15, 0.2) is 29.8 Å². The summed E-state index contributed by atoms with van der Waals surface area (Å²) in [6, 6.07) is 6.04. The maximum Gasteiger partial charge on any atom is 0.238 e. The summed E-state index contributed by atoms with van der Waals surface area (Å²) in [7, 11) is 0. The molecule has 0 unspecified atom stereocenters. The fraction of sp³-hybridized carbons (Fsp3) is 0.444. The number of aromatic nitrogens is 1. The Bertz CT molecular complexity index is 686. The topological polar surface area (TPSA) is 48.5 Å². The van der Waals surface area contributed by atoms with Crippen LogP contribution in [0.1, 0.15) is 17.5 Å². The Morgan fingerprint density at radius 1 is 1.21 bits per heavy atom. The first-order valence-electron chi connectivity index (χ1n) is 8.36. The van der Waals surface area contributed by atoms with E-state index in [2.05, 4.69) is 33.9 Å². The molecule has 1 fully saturated rings. The normalized spacial score (nSPS) is 16.0. The lowest BCUT2D eigenvalue weighted by molar-refractivity contribution is -0.117. The van der Waals surface area contributed by atoms with Crippen LogP contribution in [0.25, 0.3) is 0 Å². The van der Waals surface area contributed by atoms with Crippen molar-refractivity contribution in [2.45, 2.75) is 20.3 Å². The van der Waals surface area contributed by atoms with E-state index in [0.29, 0.717) is 6.54 Å². The first-order chi connectivity index (χ1) is 11.6. The van der Waals surface area contributed by atoms with Gasteiger partial charge in [-0.2, -0.15) is 0 Å². The molecule has 1 saturated heterocycles. The van der Waals surface area contributed by atoms with Crippen molar-refractivity contribution < 1.29 is 4.79 Å². The van der Waals surface area contributed by atoms with Gasteiger partial charge in [0.25, 0.3) is 0 Å². The number of carbonyl (C=O) groups excluding carboxylic acids is 1. The van der Waals surface area contributed by atoms with Crippen molar-refractivity contribution in [2.75, 3.05) is 42.9 Å². The van der Waals surface area contributed by atoms with Crippen molar-refractivity contribution in [3.63, 3.8) is 0 Å². The minimum atomic E-state index is 0.0564. The summed E-state index contributed by atoms with van der Waals surface area (Å²) in [5.74, 6) is 0.0564. The lowest BCUT2D eigenvalue weighted by Crippen LogP contribution is -2.36. The molecule has 6 heteroatoms. The van der Waals surface area contributed by atoms with E-state index in [1.54, 1.807) is 11.3 Å². The molecule has 128 valence electrons. The zero-order valence-electron chi connectivity index (χ0n) is 14.3. The van der Waals surface area contributed by atoms with E-state index in [4.69, 9.17) is 0 Å². The number of aryl methyl sites for hydroxylation is 2. The zero-order valence-corrected chi connectivity index (χ0v) is 15.1. The molecule has 1 aliphatic rings. The Morgan fingerprint density at radius 3 is 2.83 bits per heavy atom. The van der Waals surface area contributed by atoms with Gasteiger partial charge in [-0.15, -0.1) is 11.3 Å². The van der Waals surface area contributed by atoms with Crippen LogP contribution in [0.2, 0.25) is 0 Å². The number of benzene rings is 1. The Kier molecular flexibility index (Phi) is 5.48. The van der Waals surface area contributed by atoms with Crippen LogP contribution < -0.4 is 10.2 Å². The lowest BCUT2D eigenvalue weighted by atomic mass is 10.1. The Hall–Kier alpha value is -1.92. The number of anilines is 2. The molecule has 0 atom stereocenters. The second-order valence-corrected chi connectivity index (χ2v) is 7.15. The predicted molar refractivity (Wildman–Crippen MR) is 99.9 cm³/mol. The molecule has 0 spiro atoms. The molecule has 1 aliphatic heterocycles. The van der Waals surface area contributed by atoms with Gasteiger partial charge in [-0.05, 0) is 43.5 Å². The number of thiazole rings is 1. The van der Waals surface area contributed by atoms with Gasteiger partial charge in [0.15, 0.2) is 5.13 Å². The number of carbonyl (C=O) groups is 1. The minimum Gasteiger partial charge on any atom is -0.347 e. The molecule has 1 N–H and O–H groups in total. The smallest absolute Gasteiger partial charge is 0.238 e. The van der Waals surface area contributed by atoms with E-state index in [0.717, 1.165) is 43.4 Å². The van der Waals surface area contributed by atoms with Gasteiger partial charge < -0.3 is 10.2 Å². The molecule has 1 aromatic heterocycles. The van der Waals surface area contributed by atoms with Crippen LogP contribution >= 0.6 is 11.3 Å². The van der Waals surface area contributed by atoms with Gasteiger partial charge in [0.1, 0.15) is 0 Å². The van der Waals surface area contributed by atoms with Crippen molar-refractivity contribution in [1.82, 2.24) is 9.88 Å². The maximum absolute atomic E-state index is 12.3. The highest BCUT2D eigenvalue weighted by molar-refractivity contribution is 7.13. The highest BCUT2D eigenvalue weighted by Gasteiger charge is 2.18. The van der Waals surface area contributed by atoms with Gasteiger partial charge in [0.05, 0.1) is 6.54 Å². The van der Waals surface area contributed by atoms with E-state index >= 15 is 0 Å². The van der Waals surface area contributed by atoms with Crippen molar-refractivity contribution in [1.29, 1.82) is 0 Å². The third-order valence-electron chi connectivity index (χ3n) is 4.44. The molecule has 0 radical (unpaired) electrons. The summed E-state index contributed by atoms with van der Waals surface area (Å²) in [5.41, 5.74) is 3.31. The molecular formula is C18H24N4OS. The van der Waals surface area contributed by atoms with Gasteiger partial charge in [-0.1, -0.05) is 6.07 Å². The number of nitrogens with one attached hydrogen (secondary N) is 1. The third kappa shape index (κ3) is 4.33. The molecule has 24 heavy (non-hydrogen) atoms. The van der Waals surface area contributed by atoms with E-state index < -0.39 is 0 Å². The molecule has 1 aromatic carbocycles. The van der Waals surface area contributed by atoms with Crippen LogP contribution in [-0.2, 0) is 4.79 Å². The summed E-state index contributed by atoms with van der Waals surface area (Å²) in [5, 5.41) is 6.10. The van der Waals surface area contributed by atoms with E-state index in [1.165, 1.54) is 11.1 Å². The Morgan fingerprint density at radius 2 is 2.08 bits per heavy atom. The van der Waals surface area contributed by atoms with Crippen molar-refractivity contribution in [3.05, 3.63) is 40.9 Å². The van der Waals surface area contributed by atoms with Gasteiger partial charge in [-0.25, -0.2) is 4.98 Å². The molecule has 3 rings (SSSR count). The van der Waals surface area contributed by atoms with Gasteiger partial charge >= 0.3 is 0 Å². The maximum atomic E-state index is 12.3. The molecule has 0 saturated carbocycles. The van der Waals surface area contributed by atoms with Crippen LogP contribution in [0.5, 0.6) is 0 Å². The number of hydrogen-bond donors (Lipinski definition) is 1. The molecule has 2 aromatic rings. The SMILES string of the molecule is Cc1ccc(NC(=O)CN2CCCN(c3nccs3)CC2)cc1C. The number of amides is 1. The quantitative estimate of drug-likeness (QED) is 0.926. The molecule has 0 bridgehead atoms. The molecule has 1 amide bonds. The second kappa shape index (κ2) is 7.77. The first kappa shape index (κ1) is 16.9. The van der Waals surface area contributed by atoms with E-state index in [-0.39, 0.29) is 5.91 Å². The van der Waals surface area contributed by atoms with Crippen molar-refractivity contribution >= 4 is 28.1 Å². The fourth-order valence-corrected chi connectivity index (χ4v) is 3.61. The fourth-order valence-electron chi connectivity index (χ4n) is 2.92. The highest BCUT2D eigenvalue weighted by Crippen LogP contribution is 2.19. The molecule has 5 nitrogen and oxygen atoms in total. The summed E-state index contributed by atoms with van der Waals surface area (Å²) >= 11 is 1.68. The largest absolute Gasteiger partial charge is 0.347 e. The predicted octanol–water partition coefficient (Wildman–Crippen LogP) is 2.91. The summed E-state index contributed by atoms with van der Waals surface area (Å²) in [6.45, 7) is 8.34. The van der Waals surface area contributed by atoms with Crippen molar-refractivity contribution in [2.24, 2.45) is 0 Å². The monoisotopic (exact) mass is 344 g/mol. The van der Waals surface area contributed by atoms with Crippen LogP contribution in [0.3, 0.4) is 0 Å². The summed E-state index contributed by atoms with van der Waals surface area (Å²) in [4.78, 5) is 21.2. The summed E-state index contributed by atoms with van der Waals surface area (Å²) < 4.78 is 0. The van der Waals surface area contributed by atoms with Crippen molar-refractivity contribution in [3.8, 4) is 0 Å². The first-order valence-corrected chi connectivity index (χ1v) is 9.24. The Labute approximate surface area is 147 Å². The third-order valence-corrected chi connectivity index (χ3v) is 5.27. The average molecular weight is 344 g/mol.